The average Bonchev–Trinajstić information content (AvgIpc) is 2.52. The molecule has 0 aliphatic heterocycles. The highest BCUT2D eigenvalue weighted by Crippen LogP contribution is 2.22. The maximum absolute atomic E-state index is 13.2. The van der Waals surface area contributed by atoms with Crippen LogP contribution in [-0.2, 0) is 0 Å². The standard InChI is InChI=1S/C17H19FO3/c1-20-16-5-7-17(8-6-16)21-10-9-14(12-19)13-3-2-4-15(18)11-13/h2-8,11,14,19H,9-10,12H2,1H3. The van der Waals surface area contributed by atoms with Gasteiger partial charge in [-0.05, 0) is 48.4 Å². The largest absolute Gasteiger partial charge is 0.497 e. The maximum atomic E-state index is 13.2. The summed E-state index contributed by atoms with van der Waals surface area (Å²) in [6.07, 6.45) is 0.617. The fourth-order valence-corrected chi connectivity index (χ4v) is 2.11. The monoisotopic (exact) mass is 290 g/mol. The SMILES string of the molecule is COc1ccc(OCCC(CO)c2cccc(F)c2)cc1. The van der Waals surface area contributed by atoms with Crippen molar-refractivity contribution in [2.45, 2.75) is 12.3 Å². The first-order valence-electron chi connectivity index (χ1n) is 6.86. The molecule has 0 fully saturated rings. The minimum Gasteiger partial charge on any atom is -0.497 e. The van der Waals surface area contributed by atoms with Crippen molar-refractivity contribution in [1.29, 1.82) is 0 Å². The van der Waals surface area contributed by atoms with Crippen LogP contribution in [0, 0.1) is 5.82 Å². The highest BCUT2D eigenvalue weighted by Gasteiger charge is 2.11. The van der Waals surface area contributed by atoms with Crippen LogP contribution in [-0.4, -0.2) is 25.4 Å². The number of rotatable bonds is 7. The number of aliphatic hydroxyl groups is 1. The molecule has 0 amide bonds. The number of benzene rings is 2. The molecule has 0 radical (unpaired) electrons. The molecule has 4 heteroatoms. The van der Waals surface area contributed by atoms with Gasteiger partial charge in [0.15, 0.2) is 0 Å². The molecule has 2 aromatic rings. The van der Waals surface area contributed by atoms with Crippen LogP contribution in [0.3, 0.4) is 0 Å². The van der Waals surface area contributed by atoms with E-state index in [0.29, 0.717) is 13.0 Å². The molecular formula is C17H19FO3. The quantitative estimate of drug-likeness (QED) is 0.849. The van der Waals surface area contributed by atoms with Gasteiger partial charge in [0, 0.05) is 5.92 Å². The molecule has 0 aliphatic carbocycles. The Bertz CT molecular complexity index is 554. The lowest BCUT2D eigenvalue weighted by Gasteiger charge is -2.15. The second kappa shape index (κ2) is 7.64. The molecule has 0 aromatic heterocycles. The zero-order valence-electron chi connectivity index (χ0n) is 12.0. The molecule has 0 saturated heterocycles. The lowest BCUT2D eigenvalue weighted by Crippen LogP contribution is -2.10. The molecule has 0 heterocycles. The number of hydrogen-bond acceptors (Lipinski definition) is 3. The van der Waals surface area contributed by atoms with E-state index in [2.05, 4.69) is 0 Å². The molecule has 1 N–H and O–H groups in total. The second-order valence-corrected chi connectivity index (χ2v) is 4.75. The van der Waals surface area contributed by atoms with E-state index < -0.39 is 0 Å². The van der Waals surface area contributed by atoms with Crippen LogP contribution in [0.1, 0.15) is 17.9 Å². The maximum Gasteiger partial charge on any atom is 0.123 e. The van der Waals surface area contributed by atoms with Gasteiger partial charge in [0.05, 0.1) is 20.3 Å². The van der Waals surface area contributed by atoms with Gasteiger partial charge >= 0.3 is 0 Å². The van der Waals surface area contributed by atoms with Crippen molar-refractivity contribution in [3.05, 3.63) is 59.9 Å². The number of ether oxygens (including phenoxy) is 2. The summed E-state index contributed by atoms with van der Waals surface area (Å²) >= 11 is 0. The van der Waals surface area contributed by atoms with Crippen molar-refractivity contribution in [3.8, 4) is 11.5 Å². The van der Waals surface area contributed by atoms with Crippen molar-refractivity contribution in [1.82, 2.24) is 0 Å². The van der Waals surface area contributed by atoms with Crippen LogP contribution < -0.4 is 9.47 Å². The van der Waals surface area contributed by atoms with Gasteiger partial charge < -0.3 is 14.6 Å². The van der Waals surface area contributed by atoms with E-state index >= 15 is 0 Å². The Labute approximate surface area is 124 Å². The molecule has 0 bridgehead atoms. The molecule has 0 spiro atoms. The summed E-state index contributed by atoms with van der Waals surface area (Å²) < 4.78 is 23.9. The van der Waals surface area contributed by atoms with Crippen molar-refractivity contribution < 1.29 is 19.0 Å². The Morgan fingerprint density at radius 1 is 1.10 bits per heavy atom. The van der Waals surface area contributed by atoms with Gasteiger partial charge in [0.2, 0.25) is 0 Å². The van der Waals surface area contributed by atoms with Crippen molar-refractivity contribution in [3.63, 3.8) is 0 Å². The Kier molecular flexibility index (Phi) is 5.58. The van der Waals surface area contributed by atoms with Crippen LogP contribution in [0.25, 0.3) is 0 Å². The summed E-state index contributed by atoms with van der Waals surface area (Å²) in [7, 11) is 1.61. The first kappa shape index (κ1) is 15.3. The third-order valence-electron chi connectivity index (χ3n) is 3.33. The summed E-state index contributed by atoms with van der Waals surface area (Å²) in [6, 6.07) is 13.6. The van der Waals surface area contributed by atoms with Gasteiger partial charge in [-0.15, -0.1) is 0 Å². The van der Waals surface area contributed by atoms with E-state index in [1.165, 1.54) is 12.1 Å². The second-order valence-electron chi connectivity index (χ2n) is 4.75. The molecule has 1 atom stereocenters. The summed E-state index contributed by atoms with van der Waals surface area (Å²) in [5.41, 5.74) is 0.788. The molecule has 0 aliphatic rings. The van der Waals surface area contributed by atoms with Crippen LogP contribution in [0.4, 0.5) is 4.39 Å². The van der Waals surface area contributed by atoms with E-state index in [-0.39, 0.29) is 18.3 Å². The van der Waals surface area contributed by atoms with Crippen LogP contribution in [0.5, 0.6) is 11.5 Å². The number of aliphatic hydroxyl groups excluding tert-OH is 1. The molecule has 3 nitrogen and oxygen atoms in total. The summed E-state index contributed by atoms with van der Waals surface area (Å²) in [4.78, 5) is 0. The normalized spacial score (nSPS) is 12.0. The lowest BCUT2D eigenvalue weighted by atomic mass is 9.97. The Balaban J connectivity index is 1.88. The van der Waals surface area contributed by atoms with Gasteiger partial charge in [-0.3, -0.25) is 0 Å². The first-order valence-corrected chi connectivity index (χ1v) is 6.86. The van der Waals surface area contributed by atoms with E-state index in [1.54, 1.807) is 13.2 Å². The Hall–Kier alpha value is -2.07. The molecule has 1 unspecified atom stereocenters. The first-order chi connectivity index (χ1) is 10.2. The van der Waals surface area contributed by atoms with E-state index in [4.69, 9.17) is 9.47 Å². The fraction of sp³-hybridized carbons (Fsp3) is 0.294. The van der Waals surface area contributed by atoms with Gasteiger partial charge in [-0.25, -0.2) is 4.39 Å². The highest BCUT2D eigenvalue weighted by atomic mass is 19.1. The van der Waals surface area contributed by atoms with Crippen molar-refractivity contribution >= 4 is 0 Å². The minimum absolute atomic E-state index is 0.0323. The van der Waals surface area contributed by atoms with Crippen LogP contribution >= 0.6 is 0 Å². The van der Waals surface area contributed by atoms with Crippen LogP contribution in [0.2, 0.25) is 0 Å². The highest BCUT2D eigenvalue weighted by molar-refractivity contribution is 5.31. The predicted molar refractivity (Wildman–Crippen MR) is 79.3 cm³/mol. The molecule has 2 aromatic carbocycles. The van der Waals surface area contributed by atoms with Crippen molar-refractivity contribution in [2.24, 2.45) is 0 Å². The fourth-order valence-electron chi connectivity index (χ4n) is 2.11. The minimum atomic E-state index is -0.290. The summed E-state index contributed by atoms with van der Waals surface area (Å²) in [5, 5.41) is 9.44. The van der Waals surface area contributed by atoms with Gasteiger partial charge in [-0.2, -0.15) is 0 Å². The van der Waals surface area contributed by atoms with Crippen molar-refractivity contribution in [2.75, 3.05) is 20.3 Å². The zero-order valence-corrected chi connectivity index (χ0v) is 12.0. The molecule has 112 valence electrons. The number of methoxy groups -OCH3 is 1. The van der Waals surface area contributed by atoms with E-state index in [0.717, 1.165) is 17.1 Å². The lowest BCUT2D eigenvalue weighted by molar-refractivity contribution is 0.229. The third kappa shape index (κ3) is 4.46. The number of halogens is 1. The third-order valence-corrected chi connectivity index (χ3v) is 3.33. The summed E-state index contributed by atoms with van der Waals surface area (Å²) in [6.45, 7) is 0.420. The topological polar surface area (TPSA) is 38.7 Å². The van der Waals surface area contributed by atoms with Gasteiger partial charge in [0.1, 0.15) is 17.3 Å². The van der Waals surface area contributed by atoms with E-state index in [9.17, 15) is 9.50 Å². The summed E-state index contributed by atoms with van der Waals surface area (Å²) in [5.74, 6) is 1.10. The predicted octanol–water partition coefficient (Wildman–Crippen LogP) is 3.38. The number of hydrogen-bond donors (Lipinski definition) is 1. The van der Waals surface area contributed by atoms with Crippen LogP contribution in [0.15, 0.2) is 48.5 Å². The Morgan fingerprint density at radius 3 is 2.43 bits per heavy atom. The van der Waals surface area contributed by atoms with Gasteiger partial charge in [-0.1, -0.05) is 12.1 Å². The molecule has 0 saturated carbocycles. The zero-order chi connectivity index (χ0) is 15.1. The van der Waals surface area contributed by atoms with E-state index in [1.807, 2.05) is 30.3 Å². The Morgan fingerprint density at radius 2 is 1.81 bits per heavy atom. The molecule has 2 rings (SSSR count). The van der Waals surface area contributed by atoms with Gasteiger partial charge in [0.25, 0.3) is 0 Å². The smallest absolute Gasteiger partial charge is 0.123 e. The average molecular weight is 290 g/mol. The molecule has 21 heavy (non-hydrogen) atoms. The molecular weight excluding hydrogens is 271 g/mol.